The first-order valence-electron chi connectivity index (χ1n) is 3.14. The van der Waals surface area contributed by atoms with Gasteiger partial charge in [-0.2, -0.15) is 0 Å². The Morgan fingerprint density at radius 2 is 1.64 bits per heavy atom. The standard InChI is InChI=1S/C7H7Cl2FSi/c1-11(8,9)7-4-2-6(10)3-5-7/h2-5H,1H3. The summed E-state index contributed by atoms with van der Waals surface area (Å²) in [6.45, 7) is -0.497. The Labute approximate surface area is 75.4 Å². The molecule has 0 unspecified atom stereocenters. The first-order chi connectivity index (χ1) is 5.00. The molecule has 0 spiro atoms. The molecule has 0 bridgehead atoms. The highest BCUT2D eigenvalue weighted by atomic mass is 35.7. The van der Waals surface area contributed by atoms with E-state index in [0.29, 0.717) is 0 Å². The van der Waals surface area contributed by atoms with Crippen molar-refractivity contribution in [2.45, 2.75) is 6.55 Å². The summed E-state index contributed by atoms with van der Waals surface area (Å²) in [5, 5.41) is 0.835. The fourth-order valence-corrected chi connectivity index (χ4v) is 2.25. The molecule has 0 aliphatic carbocycles. The zero-order valence-corrected chi connectivity index (χ0v) is 8.46. The maximum absolute atomic E-state index is 12.4. The predicted octanol–water partition coefficient (Wildman–Crippen LogP) is 2.58. The first kappa shape index (κ1) is 9.04. The number of hydrogen-bond donors (Lipinski definition) is 0. The number of hydrogen-bond acceptors (Lipinski definition) is 0. The summed E-state index contributed by atoms with van der Waals surface area (Å²) in [6.07, 6.45) is 0. The molecule has 1 aromatic carbocycles. The second kappa shape index (κ2) is 3.13. The highest BCUT2D eigenvalue weighted by Gasteiger charge is 2.23. The summed E-state index contributed by atoms with van der Waals surface area (Å²) in [5.41, 5.74) is 0. The Morgan fingerprint density at radius 1 is 1.18 bits per heavy atom. The average Bonchev–Trinajstić information content (AvgIpc) is 1.86. The molecular formula is C7H7Cl2FSi. The van der Waals surface area contributed by atoms with Crippen LogP contribution in [0.2, 0.25) is 6.55 Å². The van der Waals surface area contributed by atoms with Crippen LogP contribution in [0.15, 0.2) is 24.3 Å². The Kier molecular flexibility index (Phi) is 2.57. The summed E-state index contributed by atoms with van der Waals surface area (Å²) in [5.74, 6) is -0.264. The second-order valence-corrected chi connectivity index (χ2v) is 9.87. The molecule has 0 aromatic heterocycles. The highest BCUT2D eigenvalue weighted by Crippen LogP contribution is 2.13. The van der Waals surface area contributed by atoms with Gasteiger partial charge in [0.1, 0.15) is 5.82 Å². The molecule has 0 radical (unpaired) electrons. The third-order valence-corrected chi connectivity index (χ3v) is 4.01. The Morgan fingerprint density at radius 3 is 2.00 bits per heavy atom. The minimum absolute atomic E-state index is 0.264. The van der Waals surface area contributed by atoms with Crippen LogP contribution in [0, 0.1) is 5.82 Å². The van der Waals surface area contributed by atoms with Crippen molar-refractivity contribution in [3.63, 3.8) is 0 Å². The van der Waals surface area contributed by atoms with Crippen LogP contribution < -0.4 is 5.19 Å². The zero-order valence-electron chi connectivity index (χ0n) is 5.94. The van der Waals surface area contributed by atoms with E-state index in [-0.39, 0.29) is 5.82 Å². The van der Waals surface area contributed by atoms with Crippen LogP contribution in [0.4, 0.5) is 4.39 Å². The van der Waals surface area contributed by atoms with Gasteiger partial charge >= 0.3 is 0 Å². The van der Waals surface area contributed by atoms with Crippen LogP contribution in [0.3, 0.4) is 0 Å². The molecule has 0 aliphatic rings. The lowest BCUT2D eigenvalue weighted by Crippen LogP contribution is -2.32. The second-order valence-electron chi connectivity index (χ2n) is 2.40. The van der Waals surface area contributed by atoms with Crippen molar-refractivity contribution in [1.82, 2.24) is 0 Å². The van der Waals surface area contributed by atoms with Crippen LogP contribution in [-0.4, -0.2) is 6.69 Å². The predicted molar refractivity (Wildman–Crippen MR) is 49.4 cm³/mol. The zero-order chi connectivity index (χ0) is 8.48. The van der Waals surface area contributed by atoms with Crippen molar-refractivity contribution in [3.8, 4) is 0 Å². The molecule has 0 saturated carbocycles. The molecule has 0 heterocycles. The fourth-order valence-electron chi connectivity index (χ4n) is 0.743. The van der Waals surface area contributed by atoms with E-state index >= 15 is 0 Å². The van der Waals surface area contributed by atoms with Gasteiger partial charge in [0.2, 0.25) is 0 Å². The minimum atomic E-state index is -2.28. The van der Waals surface area contributed by atoms with Crippen molar-refractivity contribution in [3.05, 3.63) is 30.1 Å². The van der Waals surface area contributed by atoms with E-state index < -0.39 is 6.69 Å². The van der Waals surface area contributed by atoms with Crippen molar-refractivity contribution in [2.24, 2.45) is 0 Å². The molecular weight excluding hydrogens is 202 g/mol. The Balaban J connectivity index is 2.99. The van der Waals surface area contributed by atoms with Gasteiger partial charge in [0, 0.05) is 0 Å². The lowest BCUT2D eigenvalue weighted by Gasteiger charge is -2.09. The van der Waals surface area contributed by atoms with Crippen LogP contribution in [-0.2, 0) is 0 Å². The van der Waals surface area contributed by atoms with Crippen molar-refractivity contribution < 1.29 is 4.39 Å². The van der Waals surface area contributed by atoms with E-state index in [0.717, 1.165) is 5.19 Å². The number of halogens is 3. The topological polar surface area (TPSA) is 0 Å². The SMILES string of the molecule is C[Si](Cl)(Cl)c1ccc(F)cc1. The van der Waals surface area contributed by atoms with Gasteiger partial charge in [0.25, 0.3) is 6.69 Å². The van der Waals surface area contributed by atoms with E-state index in [9.17, 15) is 4.39 Å². The maximum atomic E-state index is 12.4. The van der Waals surface area contributed by atoms with Gasteiger partial charge in [-0.05, 0) is 23.9 Å². The summed E-state index contributed by atoms with van der Waals surface area (Å²) >= 11 is 11.8. The number of benzene rings is 1. The molecule has 60 valence electrons. The van der Waals surface area contributed by atoms with Crippen molar-refractivity contribution >= 4 is 34.0 Å². The van der Waals surface area contributed by atoms with Crippen LogP contribution in [0.5, 0.6) is 0 Å². The highest BCUT2D eigenvalue weighted by molar-refractivity contribution is 7.50. The number of rotatable bonds is 1. The molecule has 0 nitrogen and oxygen atoms in total. The van der Waals surface area contributed by atoms with Gasteiger partial charge in [-0.1, -0.05) is 12.1 Å². The van der Waals surface area contributed by atoms with Gasteiger partial charge in [-0.3, -0.25) is 0 Å². The molecule has 1 aromatic rings. The van der Waals surface area contributed by atoms with Crippen LogP contribution in [0.1, 0.15) is 0 Å². The summed E-state index contributed by atoms with van der Waals surface area (Å²) in [6, 6.07) is 5.99. The molecule has 4 heteroatoms. The van der Waals surface area contributed by atoms with Crippen molar-refractivity contribution in [2.75, 3.05) is 0 Å². The smallest absolute Gasteiger partial charge is 0.207 e. The van der Waals surface area contributed by atoms with Crippen LogP contribution >= 0.6 is 22.2 Å². The lowest BCUT2D eigenvalue weighted by molar-refractivity contribution is 0.628. The molecule has 0 fully saturated rings. The van der Waals surface area contributed by atoms with Gasteiger partial charge in [-0.15, -0.1) is 22.2 Å². The third-order valence-electron chi connectivity index (χ3n) is 1.35. The van der Waals surface area contributed by atoms with E-state index in [1.165, 1.54) is 12.1 Å². The largest absolute Gasteiger partial charge is 0.277 e. The monoisotopic (exact) mass is 208 g/mol. The fraction of sp³-hybridized carbons (Fsp3) is 0.143. The third kappa shape index (κ3) is 2.47. The lowest BCUT2D eigenvalue weighted by atomic mass is 10.3. The average molecular weight is 209 g/mol. The Bertz CT molecular complexity index is 240. The van der Waals surface area contributed by atoms with Gasteiger partial charge < -0.3 is 0 Å². The summed E-state index contributed by atoms with van der Waals surface area (Å²) in [4.78, 5) is 0. The van der Waals surface area contributed by atoms with Gasteiger partial charge in [0.05, 0.1) is 0 Å². The van der Waals surface area contributed by atoms with Crippen LogP contribution in [0.25, 0.3) is 0 Å². The molecule has 0 saturated heterocycles. The van der Waals surface area contributed by atoms with E-state index in [4.69, 9.17) is 22.2 Å². The molecule has 11 heavy (non-hydrogen) atoms. The maximum Gasteiger partial charge on any atom is 0.277 e. The molecule has 0 aliphatic heterocycles. The Hall–Kier alpha value is -0.0531. The molecule has 0 amide bonds. The quantitative estimate of drug-likeness (QED) is 0.492. The molecule has 0 atom stereocenters. The summed E-state index contributed by atoms with van der Waals surface area (Å²) in [7, 11) is 0. The van der Waals surface area contributed by atoms with E-state index in [2.05, 4.69) is 0 Å². The van der Waals surface area contributed by atoms with Gasteiger partial charge in [0.15, 0.2) is 0 Å². The van der Waals surface area contributed by atoms with Crippen molar-refractivity contribution in [1.29, 1.82) is 0 Å². The molecule has 1 rings (SSSR count). The molecule has 0 N–H and O–H groups in total. The van der Waals surface area contributed by atoms with Gasteiger partial charge in [-0.25, -0.2) is 4.39 Å². The first-order valence-corrected chi connectivity index (χ1v) is 7.66. The minimum Gasteiger partial charge on any atom is -0.207 e. The van der Waals surface area contributed by atoms with E-state index in [1.807, 2.05) is 0 Å². The normalized spacial score (nSPS) is 11.6. The summed E-state index contributed by atoms with van der Waals surface area (Å²) < 4.78 is 12.4. The van der Waals surface area contributed by atoms with E-state index in [1.54, 1.807) is 18.7 Å².